The predicted molar refractivity (Wildman–Crippen MR) is 249 cm³/mol. The summed E-state index contributed by atoms with van der Waals surface area (Å²) in [7, 11) is 2.59. The van der Waals surface area contributed by atoms with Crippen LogP contribution in [0.2, 0.25) is 0 Å². The number of hydrogen-bond acceptors (Lipinski definition) is 8. The Balaban J connectivity index is 0.942. The largest absolute Gasteiger partial charge is 0.453 e. The van der Waals surface area contributed by atoms with Crippen molar-refractivity contribution in [2.24, 2.45) is 17.3 Å². The molecule has 14 nitrogen and oxygen atoms in total. The summed E-state index contributed by atoms with van der Waals surface area (Å²) in [4.78, 5) is 70.6. The first kappa shape index (κ1) is 44.9. The Morgan fingerprint density at radius 3 is 2.28 bits per heavy atom. The molecule has 0 radical (unpaired) electrons. The van der Waals surface area contributed by atoms with Crippen LogP contribution >= 0.6 is 0 Å². The normalized spacial score (nSPS) is 20.1. The number of benzene rings is 2. The molecule has 4 amide bonds. The summed E-state index contributed by atoms with van der Waals surface area (Å²) >= 11 is 0. The molecule has 2 aromatic heterocycles. The standard InChI is InChI=1S/C51H60N8O6/c1-31(2)42(57-49(62)64-4)47(60)56-43(36-15-9-10-16-36)46-53-29-40(55-46)35-22-20-34(21-23-35)38-17-11-12-33(26-38)19-18-32(3)39-28-52-45(54-39)41-27-51(24-25-51)30-59(41)48(61)44(58-50(63)65-5)37-13-7-6-8-14-37/h6-8,11,13-14,17-23,26,28-29,31,36,41-44H,9-10,12,15-16,24-25,27,30H2,1-5H3,(H,52,54)(H,53,55)(H,56,60)(H,57,62)(H,58,63)/b32-18+,33-19+/t41-,42-,43-,44+/m0/s1. The van der Waals surface area contributed by atoms with Crippen LogP contribution in [0.15, 0.2) is 103 Å². The summed E-state index contributed by atoms with van der Waals surface area (Å²) in [6.07, 6.45) is 21.1. The molecular weight excluding hydrogens is 821 g/mol. The van der Waals surface area contributed by atoms with Crippen LogP contribution in [0.25, 0.3) is 22.4 Å². The van der Waals surface area contributed by atoms with E-state index in [0.717, 1.165) is 90.9 Å². The van der Waals surface area contributed by atoms with E-state index >= 15 is 0 Å². The van der Waals surface area contributed by atoms with Gasteiger partial charge < -0.3 is 40.3 Å². The topological polar surface area (TPSA) is 183 Å². The highest BCUT2D eigenvalue weighted by atomic mass is 16.5. The number of ether oxygens (including phenoxy) is 2. The Labute approximate surface area is 380 Å². The fourth-order valence-electron chi connectivity index (χ4n) is 9.45. The maximum Gasteiger partial charge on any atom is 0.407 e. The van der Waals surface area contributed by atoms with E-state index in [9.17, 15) is 19.2 Å². The molecule has 8 rings (SSSR count). The molecule has 65 heavy (non-hydrogen) atoms. The second-order valence-electron chi connectivity index (χ2n) is 18.3. The van der Waals surface area contributed by atoms with Gasteiger partial charge in [0, 0.05) is 6.54 Å². The zero-order valence-corrected chi connectivity index (χ0v) is 37.9. The maximum atomic E-state index is 14.2. The lowest BCUT2D eigenvalue weighted by molar-refractivity contribution is -0.134. The van der Waals surface area contributed by atoms with Gasteiger partial charge in [0.1, 0.15) is 23.7 Å². The van der Waals surface area contributed by atoms with Crippen molar-refractivity contribution in [3.63, 3.8) is 0 Å². The molecule has 3 aliphatic carbocycles. The Morgan fingerprint density at radius 1 is 0.877 bits per heavy atom. The minimum absolute atomic E-state index is 0.0837. The highest BCUT2D eigenvalue weighted by Crippen LogP contribution is 2.58. The van der Waals surface area contributed by atoms with Crippen molar-refractivity contribution in [3.8, 4) is 11.3 Å². The number of carbonyl (C=O) groups is 4. The average Bonchev–Trinajstić information content (AvgIpc) is 3.90. The summed E-state index contributed by atoms with van der Waals surface area (Å²) in [6.45, 7) is 6.46. The van der Waals surface area contributed by atoms with Crippen LogP contribution in [0.4, 0.5) is 9.59 Å². The van der Waals surface area contributed by atoms with E-state index in [1.165, 1.54) is 19.8 Å². The van der Waals surface area contributed by atoms with Crippen molar-refractivity contribution in [2.75, 3.05) is 20.8 Å². The van der Waals surface area contributed by atoms with Crippen LogP contribution in [0.5, 0.6) is 0 Å². The lowest BCUT2D eigenvalue weighted by Crippen LogP contribution is -2.51. The van der Waals surface area contributed by atoms with E-state index < -0.39 is 24.3 Å². The van der Waals surface area contributed by atoms with Crippen molar-refractivity contribution in [1.82, 2.24) is 40.8 Å². The number of allylic oxidation sites excluding steroid dienone is 8. The highest BCUT2D eigenvalue weighted by Gasteiger charge is 2.55. The summed E-state index contributed by atoms with van der Waals surface area (Å²) < 4.78 is 9.67. The summed E-state index contributed by atoms with van der Waals surface area (Å²) in [5.74, 6) is 1.11. The molecule has 4 atom stereocenters. The maximum absolute atomic E-state index is 14.2. The van der Waals surface area contributed by atoms with Crippen LogP contribution in [-0.4, -0.2) is 75.6 Å². The number of amides is 4. The lowest BCUT2D eigenvalue weighted by atomic mass is 9.95. The second-order valence-corrected chi connectivity index (χ2v) is 18.3. The third-order valence-corrected chi connectivity index (χ3v) is 13.4. The monoisotopic (exact) mass is 880 g/mol. The highest BCUT2D eigenvalue weighted by molar-refractivity contribution is 5.88. The molecule has 2 aromatic carbocycles. The molecule has 2 saturated carbocycles. The Morgan fingerprint density at radius 2 is 1.58 bits per heavy atom. The molecule has 3 heterocycles. The second kappa shape index (κ2) is 19.6. The number of rotatable bonds is 14. The van der Waals surface area contributed by atoms with Gasteiger partial charge in [0.25, 0.3) is 5.91 Å². The fourth-order valence-corrected chi connectivity index (χ4v) is 9.45. The first-order valence-electron chi connectivity index (χ1n) is 22.8. The zero-order chi connectivity index (χ0) is 45.7. The molecule has 4 aromatic rings. The molecule has 3 fully saturated rings. The fraction of sp³-hybridized carbons (Fsp3) is 0.412. The van der Waals surface area contributed by atoms with Gasteiger partial charge in [0.15, 0.2) is 0 Å². The number of carbonyl (C=O) groups excluding carboxylic acids is 4. The third-order valence-electron chi connectivity index (χ3n) is 13.4. The van der Waals surface area contributed by atoms with Gasteiger partial charge >= 0.3 is 12.2 Å². The molecule has 0 unspecified atom stereocenters. The smallest absolute Gasteiger partial charge is 0.407 e. The molecule has 1 spiro atoms. The van der Waals surface area contributed by atoms with Crippen molar-refractivity contribution < 1.29 is 28.7 Å². The lowest BCUT2D eigenvalue weighted by Gasteiger charge is -2.28. The van der Waals surface area contributed by atoms with Crippen LogP contribution in [-0.2, 0) is 19.1 Å². The molecule has 1 saturated heterocycles. The number of nitrogens with one attached hydrogen (secondary N) is 5. The average molecular weight is 881 g/mol. The minimum Gasteiger partial charge on any atom is -0.453 e. The van der Waals surface area contributed by atoms with Crippen LogP contribution in [0, 0.1) is 17.3 Å². The van der Waals surface area contributed by atoms with Crippen LogP contribution in [0.3, 0.4) is 0 Å². The van der Waals surface area contributed by atoms with Crippen molar-refractivity contribution in [1.29, 1.82) is 0 Å². The van der Waals surface area contributed by atoms with E-state index in [1.54, 1.807) is 0 Å². The van der Waals surface area contributed by atoms with Gasteiger partial charge in [-0.15, -0.1) is 0 Å². The quantitative estimate of drug-likeness (QED) is 0.0831. The number of nitrogens with zero attached hydrogens (tertiary/aromatic N) is 3. The zero-order valence-electron chi connectivity index (χ0n) is 37.9. The van der Waals surface area contributed by atoms with Gasteiger partial charge in [0.05, 0.1) is 50.1 Å². The van der Waals surface area contributed by atoms with E-state index in [1.807, 2.05) is 61.5 Å². The Kier molecular flexibility index (Phi) is 13.5. The minimum atomic E-state index is -0.877. The molecule has 340 valence electrons. The van der Waals surface area contributed by atoms with Crippen molar-refractivity contribution in [2.45, 2.75) is 96.3 Å². The van der Waals surface area contributed by atoms with Gasteiger partial charge in [-0.3, -0.25) is 9.59 Å². The predicted octanol–water partition coefficient (Wildman–Crippen LogP) is 9.05. The van der Waals surface area contributed by atoms with Crippen LogP contribution < -0.4 is 16.0 Å². The number of aromatic amines is 2. The summed E-state index contributed by atoms with van der Waals surface area (Å²) in [5, 5.41) is 8.66. The number of alkyl carbamates (subject to hydrolysis) is 2. The van der Waals surface area contributed by atoms with Gasteiger partial charge in [-0.2, -0.15) is 0 Å². The van der Waals surface area contributed by atoms with E-state index in [-0.39, 0.29) is 41.1 Å². The van der Waals surface area contributed by atoms with Crippen molar-refractivity contribution in [3.05, 3.63) is 131 Å². The first-order valence-corrected chi connectivity index (χ1v) is 22.8. The van der Waals surface area contributed by atoms with Gasteiger partial charge in [-0.1, -0.05) is 112 Å². The summed E-state index contributed by atoms with van der Waals surface area (Å²) in [5.41, 5.74) is 7.88. The molecule has 1 aliphatic heterocycles. The molecule has 5 N–H and O–H groups in total. The first-order chi connectivity index (χ1) is 31.4. The van der Waals surface area contributed by atoms with Crippen molar-refractivity contribution >= 4 is 35.1 Å². The van der Waals surface area contributed by atoms with Gasteiger partial charge in [-0.05, 0) is 96.1 Å². The number of hydrogen-bond donors (Lipinski definition) is 5. The Bertz CT molecular complexity index is 2490. The molecular formula is C51H60N8O6. The van der Waals surface area contributed by atoms with E-state index in [0.29, 0.717) is 17.9 Å². The molecule has 14 heteroatoms. The number of H-pyrrole nitrogens is 2. The van der Waals surface area contributed by atoms with Gasteiger partial charge in [-0.25, -0.2) is 19.6 Å². The van der Waals surface area contributed by atoms with E-state index in [2.05, 4.69) is 87.5 Å². The summed E-state index contributed by atoms with van der Waals surface area (Å²) in [6, 6.07) is 15.5. The molecule has 0 bridgehead atoms. The number of aromatic nitrogens is 4. The van der Waals surface area contributed by atoms with Crippen LogP contribution in [0.1, 0.15) is 119 Å². The van der Waals surface area contributed by atoms with Gasteiger partial charge in [0.2, 0.25) is 5.91 Å². The Hall–Kier alpha value is -6.70. The third kappa shape index (κ3) is 10.3. The number of methoxy groups -OCH3 is 2. The number of likely N-dealkylation sites (tertiary alicyclic amines) is 1. The van der Waals surface area contributed by atoms with E-state index in [4.69, 9.17) is 19.4 Å². The number of imidazole rings is 2. The SMILES string of the molecule is COC(=O)N[C@H](C(=O)N[C@H](c1ncc(-c2ccc(C3=C/C(=C/C=C(\C)c4cnc([C@@H]5CC6(CC6)CN5C(=O)[C@H](NC(=O)OC)c5ccccc5)[nH]4)CC=C3)cc2)[nH]1)C1CCCC1)C(C)C. The molecule has 4 aliphatic rings.